The third kappa shape index (κ3) is 22.5. The van der Waals surface area contributed by atoms with E-state index in [1.165, 1.54) is 55.1 Å². The second-order valence-electron chi connectivity index (χ2n) is 20.9. The summed E-state index contributed by atoms with van der Waals surface area (Å²) >= 11 is 0. The maximum Gasteiger partial charge on any atom is 0.407 e. The smallest absolute Gasteiger partial charge is 0.407 e. The molecule has 23 nitrogen and oxygen atoms in total. The second kappa shape index (κ2) is 37.3. The first-order chi connectivity index (χ1) is 45.2. The summed E-state index contributed by atoms with van der Waals surface area (Å²) in [6.07, 6.45) is 9.96. The molecule has 0 saturated carbocycles. The molecule has 13 N–H and O–H groups in total. The lowest BCUT2D eigenvalue weighted by Gasteiger charge is -2.37. The summed E-state index contributed by atoms with van der Waals surface area (Å²) in [6.45, 7) is 6.20. The summed E-state index contributed by atoms with van der Waals surface area (Å²) in [5.41, 5.74) is 19.3. The number of hydrogen-bond acceptors (Lipinski definition) is 15. The Morgan fingerprint density at radius 2 is 1.01 bits per heavy atom. The molecular formula is C71H71N11O12. The van der Waals surface area contributed by atoms with Crippen LogP contribution in [0.25, 0.3) is 0 Å². The molecule has 94 heavy (non-hydrogen) atoms. The Labute approximate surface area is 544 Å². The molecule has 7 aromatic carbocycles. The number of nitrogens with zero attached hydrogens (tertiary/aromatic N) is 1. The predicted molar refractivity (Wildman–Crippen MR) is 354 cm³/mol. The number of nitro benzene ring substituents is 1. The monoisotopic (exact) mass is 1270 g/mol. The fourth-order valence-corrected chi connectivity index (χ4v) is 8.65. The van der Waals surface area contributed by atoms with Gasteiger partial charge in [0.15, 0.2) is 0 Å². The van der Waals surface area contributed by atoms with Crippen molar-refractivity contribution in [3.8, 4) is 48.4 Å². The van der Waals surface area contributed by atoms with Crippen LogP contribution in [0.15, 0.2) is 182 Å². The molecule has 7 amide bonds. The highest BCUT2D eigenvalue weighted by Gasteiger charge is 2.36. The Kier molecular flexibility index (Phi) is 28.9. The normalized spacial score (nSPS) is 10.9. The van der Waals surface area contributed by atoms with Crippen molar-refractivity contribution in [3.05, 3.63) is 253 Å². The zero-order chi connectivity index (χ0) is 68.5. The average molecular weight is 1270 g/mol. The molecule has 2 atom stereocenters. The van der Waals surface area contributed by atoms with Gasteiger partial charge < -0.3 is 42.8 Å². The maximum absolute atomic E-state index is 12.6. The summed E-state index contributed by atoms with van der Waals surface area (Å²) in [6, 6.07) is 52.5. The molecule has 0 unspecified atom stereocenters. The zero-order valence-corrected chi connectivity index (χ0v) is 51.9. The minimum absolute atomic E-state index is 0.0982. The van der Waals surface area contributed by atoms with Gasteiger partial charge in [-0.05, 0) is 134 Å². The summed E-state index contributed by atoms with van der Waals surface area (Å²) < 4.78 is 5.10. The van der Waals surface area contributed by atoms with Gasteiger partial charge in [0.05, 0.1) is 24.1 Å². The van der Waals surface area contributed by atoms with Crippen LogP contribution in [0.2, 0.25) is 0 Å². The number of carbonyl (C=O) groups excluding carboxylic acids is 7. The molecule has 0 saturated heterocycles. The standard InChI is InChI=1S/C30H26N2O.C23H22N6O6.C18H23N3O5/c1-2-24-18-20-25(21-19-24)29(33)31-22-23-32-30(26-12-6-3-7-13-26,27-14-8-4-9-15-27)28-16-10-5-11-17-28;24-11-12-26-22(31)18-10-7-16(13-20(18)29(34)35)4-2-1-3-15-5-8-17(9-6-15)21(30)27-19(14-25)23(32)28-33;1-6-12-7-9-13(10-8-12)15(22)20-14(16(23)21-25-5)11-19-17(24)26-18(2,3)4/h1,3-21,32H,22-23H2,(H,31,33);5-10,13,19,33H,11-12,14,24-25H2,(H,26,31)(H,27,30)(H,28,32);1,7-10,14H,11H2,2-5H3,(H,19,24)(H,20,22)(H,21,23)/t;19-;14-/m.00/s1. The lowest BCUT2D eigenvalue weighted by molar-refractivity contribution is -0.385. The van der Waals surface area contributed by atoms with Crippen molar-refractivity contribution in [1.82, 2.24) is 42.9 Å². The first-order valence-electron chi connectivity index (χ1n) is 29.0. The summed E-state index contributed by atoms with van der Waals surface area (Å²) in [7, 11) is 1.26. The van der Waals surface area contributed by atoms with Crippen molar-refractivity contribution < 1.29 is 53.3 Å². The van der Waals surface area contributed by atoms with E-state index in [9.17, 15) is 43.7 Å². The highest BCUT2D eigenvalue weighted by atomic mass is 16.6. The number of nitrogens with two attached hydrogens (primary N) is 2. The van der Waals surface area contributed by atoms with Crippen LogP contribution in [0.1, 0.15) is 101 Å². The van der Waals surface area contributed by atoms with E-state index in [0.717, 1.165) is 22.3 Å². The van der Waals surface area contributed by atoms with E-state index >= 15 is 0 Å². The number of rotatable bonds is 22. The topological polar surface area (TPSA) is 350 Å². The molecule has 0 fully saturated rings. The molecule has 0 aliphatic rings. The van der Waals surface area contributed by atoms with Crippen molar-refractivity contribution in [2.24, 2.45) is 11.5 Å². The van der Waals surface area contributed by atoms with Crippen LogP contribution in [0, 0.1) is 58.5 Å². The number of hydrogen-bond donors (Lipinski definition) is 11. The molecule has 7 rings (SSSR count). The molecule has 0 bridgehead atoms. The van der Waals surface area contributed by atoms with E-state index < -0.39 is 63.8 Å². The maximum atomic E-state index is 12.6. The average Bonchev–Trinajstić information content (AvgIpc) is 0.761. The van der Waals surface area contributed by atoms with Crippen LogP contribution in [0.3, 0.4) is 0 Å². The first kappa shape index (κ1) is 72.8. The number of carbonyl (C=O) groups is 7. The molecule has 0 aliphatic carbocycles. The van der Waals surface area contributed by atoms with Gasteiger partial charge in [-0.1, -0.05) is 115 Å². The zero-order valence-electron chi connectivity index (χ0n) is 51.9. The molecule has 0 spiro atoms. The summed E-state index contributed by atoms with van der Waals surface area (Å²) in [5, 5.41) is 36.6. The molecule has 0 heterocycles. The summed E-state index contributed by atoms with van der Waals surface area (Å²) in [5.74, 6) is 12.4. The number of ether oxygens (including phenoxy) is 1. The molecule has 7 aromatic rings. The van der Waals surface area contributed by atoms with Gasteiger partial charge in [-0.15, -0.1) is 12.8 Å². The van der Waals surface area contributed by atoms with Crippen molar-refractivity contribution >= 4 is 47.2 Å². The van der Waals surface area contributed by atoms with Gasteiger partial charge >= 0.3 is 6.09 Å². The number of nitro groups is 1. The number of amides is 7. The van der Waals surface area contributed by atoms with Crippen LogP contribution in [0.4, 0.5) is 10.5 Å². The van der Waals surface area contributed by atoms with E-state index in [-0.39, 0.29) is 48.9 Å². The van der Waals surface area contributed by atoms with E-state index in [1.807, 2.05) is 18.2 Å². The Morgan fingerprint density at radius 1 is 0.564 bits per heavy atom. The predicted octanol–water partition coefficient (Wildman–Crippen LogP) is 5.20. The first-order valence-corrected chi connectivity index (χ1v) is 29.0. The SMILES string of the molecule is C#Cc1ccc(C(=O)NCCNC(c2ccccc2)(c2ccccc2)c2ccccc2)cc1.C#Cc1ccc(C(=O)N[C@@H](CNC(=O)OC(C)(C)C)C(=O)NOC)cc1.NCCNC(=O)c1ccc(C#CC#Cc2ccc(C(=O)N[C@@H](CN)C(=O)NO)cc2)cc1[N+](=O)[O-]. The number of hydroxylamine groups is 2. The van der Waals surface area contributed by atoms with Gasteiger partial charge in [-0.3, -0.25) is 54.2 Å². The van der Waals surface area contributed by atoms with Gasteiger partial charge in [-0.25, -0.2) is 15.8 Å². The van der Waals surface area contributed by atoms with Gasteiger partial charge in [0, 0.05) is 77.7 Å². The fraction of sp³-hybridized carbons (Fsp3) is 0.197. The van der Waals surface area contributed by atoms with E-state index in [0.29, 0.717) is 40.9 Å². The quantitative estimate of drug-likeness (QED) is 0.0104. The lowest BCUT2D eigenvalue weighted by atomic mass is 9.77. The number of alkyl carbamates (subject to hydrolysis) is 1. The number of nitrogens with one attached hydrogen (secondary N) is 8. The second-order valence-corrected chi connectivity index (χ2v) is 20.9. The molecule has 0 aliphatic heterocycles. The Morgan fingerprint density at radius 3 is 1.45 bits per heavy atom. The van der Waals surface area contributed by atoms with Crippen LogP contribution in [-0.2, 0) is 24.7 Å². The minimum Gasteiger partial charge on any atom is -0.444 e. The van der Waals surface area contributed by atoms with Gasteiger partial charge in [0.2, 0.25) is 0 Å². The highest BCUT2D eigenvalue weighted by molar-refractivity contribution is 5.99. The van der Waals surface area contributed by atoms with Crippen molar-refractivity contribution in [3.63, 3.8) is 0 Å². The fourth-order valence-electron chi connectivity index (χ4n) is 8.65. The lowest BCUT2D eigenvalue weighted by Crippen LogP contribution is -2.52. The van der Waals surface area contributed by atoms with Crippen molar-refractivity contribution in [1.29, 1.82) is 0 Å². The molecular weight excluding hydrogens is 1200 g/mol. The third-order valence-corrected chi connectivity index (χ3v) is 13.2. The van der Waals surface area contributed by atoms with E-state index in [2.05, 4.69) is 151 Å². The van der Waals surface area contributed by atoms with Crippen molar-refractivity contribution in [2.75, 3.05) is 46.4 Å². The largest absolute Gasteiger partial charge is 0.444 e. The molecule has 23 heteroatoms. The Balaban J connectivity index is 0.000000259. The number of terminal acetylenes is 2. The van der Waals surface area contributed by atoms with Crippen molar-refractivity contribution in [2.45, 2.75) is 44.0 Å². The number of benzene rings is 7. The van der Waals surface area contributed by atoms with E-state index in [4.69, 9.17) is 34.3 Å². The van der Waals surface area contributed by atoms with Gasteiger partial charge in [-0.2, -0.15) is 0 Å². The molecule has 0 aromatic heterocycles. The van der Waals surface area contributed by atoms with Gasteiger partial charge in [0.25, 0.3) is 41.1 Å². The van der Waals surface area contributed by atoms with Crippen LogP contribution in [0.5, 0.6) is 0 Å². The Bertz CT molecular complexity index is 3850. The van der Waals surface area contributed by atoms with Crippen LogP contribution < -0.4 is 54.3 Å². The minimum atomic E-state index is -1.09. The third-order valence-electron chi connectivity index (χ3n) is 13.2. The summed E-state index contributed by atoms with van der Waals surface area (Å²) in [4.78, 5) is 99.6. The van der Waals surface area contributed by atoms with Gasteiger partial charge in [0.1, 0.15) is 23.2 Å². The Hall–Kier alpha value is -11.9. The molecule has 0 radical (unpaired) electrons. The van der Waals surface area contributed by atoms with Crippen LogP contribution in [-0.4, -0.2) is 116 Å². The molecule has 482 valence electrons. The highest BCUT2D eigenvalue weighted by Crippen LogP contribution is 2.36. The van der Waals surface area contributed by atoms with Crippen LogP contribution >= 0.6 is 0 Å². The van der Waals surface area contributed by atoms with E-state index in [1.54, 1.807) is 69.3 Å².